The van der Waals surface area contributed by atoms with E-state index < -0.39 is 13.3 Å². The largest absolute Gasteiger partial charge is 0.497 e. The minimum atomic E-state index is -3.05. The second kappa shape index (κ2) is 7.40. The van der Waals surface area contributed by atoms with Gasteiger partial charge in [0, 0.05) is 6.54 Å². The molecule has 20 heavy (non-hydrogen) atoms. The summed E-state index contributed by atoms with van der Waals surface area (Å²) in [6, 6.07) is 7.22. The first-order valence-corrected chi connectivity index (χ1v) is 8.28. The van der Waals surface area contributed by atoms with E-state index in [-0.39, 0.29) is 12.8 Å². The van der Waals surface area contributed by atoms with Crippen LogP contribution in [0.1, 0.15) is 5.56 Å². The van der Waals surface area contributed by atoms with Crippen molar-refractivity contribution in [1.29, 1.82) is 0 Å². The van der Waals surface area contributed by atoms with Gasteiger partial charge < -0.3 is 9.63 Å². The topological polar surface area (TPSA) is 102 Å². The number of methoxy groups -OCH3 is 1. The fourth-order valence-electron chi connectivity index (χ4n) is 1.77. The molecule has 4 N–H and O–H groups in total. The molecule has 0 aromatic heterocycles. The Kier molecular flexibility index (Phi) is 6.16. The number of amides is 1. The summed E-state index contributed by atoms with van der Waals surface area (Å²) >= 11 is 0. The van der Waals surface area contributed by atoms with Crippen LogP contribution in [0.3, 0.4) is 0 Å². The fourth-order valence-corrected chi connectivity index (χ4v) is 2.73. The molecule has 0 fully saturated rings. The van der Waals surface area contributed by atoms with E-state index in [1.54, 1.807) is 24.1 Å². The van der Waals surface area contributed by atoms with E-state index in [4.69, 9.17) is 14.8 Å². The normalized spacial score (nSPS) is 13.8. The molecule has 0 saturated heterocycles. The van der Waals surface area contributed by atoms with Gasteiger partial charge in [-0.3, -0.25) is 14.9 Å². The van der Waals surface area contributed by atoms with E-state index >= 15 is 0 Å². The predicted octanol–water partition coefficient (Wildman–Crippen LogP) is 0.593. The molecule has 1 unspecified atom stereocenters. The quantitative estimate of drug-likeness (QED) is 0.332. The number of hydroxylamine groups is 1. The molecular formula is C12H20N2O5P+. The molecule has 0 aliphatic heterocycles. The van der Waals surface area contributed by atoms with Gasteiger partial charge in [0.05, 0.1) is 20.3 Å². The lowest BCUT2D eigenvalue weighted by molar-refractivity contribution is -0.130. The highest BCUT2D eigenvalue weighted by atomic mass is 31.2. The molecule has 0 saturated carbocycles. The van der Waals surface area contributed by atoms with E-state index in [0.29, 0.717) is 6.54 Å². The van der Waals surface area contributed by atoms with Gasteiger partial charge in [-0.1, -0.05) is 12.1 Å². The summed E-state index contributed by atoms with van der Waals surface area (Å²) in [5.41, 5.74) is 2.43. The molecule has 1 aromatic carbocycles. The fraction of sp³-hybridized carbons (Fsp3) is 0.417. The zero-order valence-corrected chi connectivity index (χ0v) is 12.4. The number of rotatable bonds is 7. The second-order valence-electron chi connectivity index (χ2n) is 4.61. The highest BCUT2D eigenvalue weighted by Crippen LogP contribution is 2.36. The van der Waals surface area contributed by atoms with Crippen molar-refractivity contribution in [2.24, 2.45) is 0 Å². The van der Waals surface area contributed by atoms with Gasteiger partial charge in [0.1, 0.15) is 12.0 Å². The molecule has 1 aromatic rings. The monoisotopic (exact) mass is 303 g/mol. The van der Waals surface area contributed by atoms with Crippen molar-refractivity contribution in [3.8, 4) is 5.75 Å². The zero-order valence-electron chi connectivity index (χ0n) is 11.5. The maximum Gasteiger partial charge on any atom is 0.341 e. The number of benzene rings is 1. The van der Waals surface area contributed by atoms with Crippen LogP contribution in [-0.4, -0.2) is 47.5 Å². The van der Waals surface area contributed by atoms with Gasteiger partial charge in [-0.05, 0) is 17.7 Å². The Morgan fingerprint density at radius 3 is 2.50 bits per heavy atom. The summed E-state index contributed by atoms with van der Waals surface area (Å²) in [7, 11) is -1.48. The number of hydrogen-bond acceptors (Lipinski definition) is 5. The van der Waals surface area contributed by atoms with Gasteiger partial charge in [0.25, 0.3) is 5.91 Å². The minimum absolute atomic E-state index is 0.0214. The Hall–Kier alpha value is -1.40. The predicted molar refractivity (Wildman–Crippen MR) is 75.3 cm³/mol. The molecule has 0 aliphatic carbocycles. The molecule has 1 amide bonds. The number of hydrogen-bond donors (Lipinski definition) is 2. The maximum absolute atomic E-state index is 11.6. The van der Waals surface area contributed by atoms with Gasteiger partial charge in [-0.15, -0.1) is 0 Å². The molecule has 0 bridgehead atoms. The van der Waals surface area contributed by atoms with Crippen LogP contribution in [0, 0.1) is 0 Å². The van der Waals surface area contributed by atoms with Crippen LogP contribution >= 0.6 is 7.37 Å². The molecule has 0 radical (unpaired) electrons. The molecule has 0 heterocycles. The Balaban J connectivity index is 2.76. The number of nitrogens with one attached hydrogen (secondary N) is 1. The van der Waals surface area contributed by atoms with Crippen molar-refractivity contribution in [3.63, 3.8) is 0 Å². The third-order valence-corrected chi connectivity index (χ3v) is 3.47. The van der Waals surface area contributed by atoms with Gasteiger partial charge in [0.2, 0.25) is 0 Å². The van der Waals surface area contributed by atoms with Gasteiger partial charge in [0.15, 0.2) is 0 Å². The van der Waals surface area contributed by atoms with Crippen LogP contribution in [0.4, 0.5) is 0 Å². The molecule has 1 atom stereocenters. The van der Waals surface area contributed by atoms with Crippen LogP contribution in [0.15, 0.2) is 24.3 Å². The molecule has 112 valence electrons. The average Bonchev–Trinajstić information content (AvgIpc) is 2.37. The summed E-state index contributed by atoms with van der Waals surface area (Å²) in [4.78, 5) is 20.3. The highest BCUT2D eigenvalue weighted by Gasteiger charge is 2.23. The van der Waals surface area contributed by atoms with Crippen molar-refractivity contribution in [1.82, 2.24) is 10.4 Å². The minimum Gasteiger partial charge on any atom is -0.497 e. The van der Waals surface area contributed by atoms with E-state index in [1.165, 1.54) is 12.1 Å². The number of carbonyl (C=O) groups excluding carboxylic acids is 1. The van der Waals surface area contributed by atoms with E-state index in [9.17, 15) is 9.36 Å². The summed E-state index contributed by atoms with van der Waals surface area (Å²) in [6.07, 6.45) is -0.0214. The third kappa shape index (κ3) is 6.16. The van der Waals surface area contributed by atoms with Crippen molar-refractivity contribution in [3.05, 3.63) is 29.8 Å². The first-order chi connectivity index (χ1) is 9.34. The molecule has 1 rings (SSSR count). The maximum atomic E-state index is 11.6. The SMILES string of the molecule is COc1ccc(CN(CC(=O)NO)CP(C)(=O)[OH2+])cc1. The highest BCUT2D eigenvalue weighted by molar-refractivity contribution is 7.57. The zero-order chi connectivity index (χ0) is 15.2. The standard InChI is InChI=1S/C12H19N2O5P/c1-19-11-5-3-10(4-6-11)7-14(8-12(15)13-16)9-20(2,17)18/h3-6,16H,7-9H2,1-2H3,(H,13,15)(H,17,18)/p+1. The van der Waals surface area contributed by atoms with Gasteiger partial charge in [-0.2, -0.15) is 0 Å². The summed E-state index contributed by atoms with van der Waals surface area (Å²) in [6.45, 7) is 1.57. The van der Waals surface area contributed by atoms with Gasteiger partial charge in [-0.25, -0.2) is 10.0 Å². The van der Waals surface area contributed by atoms with E-state index in [1.807, 2.05) is 12.1 Å². The summed E-state index contributed by atoms with van der Waals surface area (Å²) in [5, 5.41) is 8.56. The van der Waals surface area contributed by atoms with Crippen LogP contribution in [0.5, 0.6) is 5.75 Å². The smallest absolute Gasteiger partial charge is 0.341 e. The van der Waals surface area contributed by atoms with Crippen LogP contribution < -0.4 is 10.2 Å². The average molecular weight is 303 g/mol. The Morgan fingerprint density at radius 1 is 1.45 bits per heavy atom. The first kappa shape index (κ1) is 16.7. The van der Waals surface area contributed by atoms with Crippen molar-refractivity contribution in [2.45, 2.75) is 6.54 Å². The summed E-state index contributed by atoms with van der Waals surface area (Å²) < 4.78 is 16.6. The van der Waals surface area contributed by atoms with Crippen LogP contribution in [-0.2, 0) is 15.9 Å². The third-order valence-electron chi connectivity index (χ3n) is 2.53. The van der Waals surface area contributed by atoms with Crippen LogP contribution in [0.25, 0.3) is 0 Å². The molecule has 8 heteroatoms. The first-order valence-electron chi connectivity index (χ1n) is 5.94. The molecular weight excluding hydrogens is 283 g/mol. The van der Waals surface area contributed by atoms with Crippen molar-refractivity contribution >= 4 is 13.3 Å². The van der Waals surface area contributed by atoms with Crippen molar-refractivity contribution < 1.29 is 24.2 Å². The molecule has 7 nitrogen and oxygen atoms in total. The molecule has 0 spiro atoms. The molecule has 0 aliphatic rings. The number of nitrogens with zero attached hydrogens (tertiary/aromatic N) is 1. The number of ether oxygens (including phenoxy) is 1. The van der Waals surface area contributed by atoms with E-state index in [2.05, 4.69) is 0 Å². The lowest BCUT2D eigenvalue weighted by Gasteiger charge is -2.20. The van der Waals surface area contributed by atoms with E-state index in [0.717, 1.165) is 11.3 Å². The lowest BCUT2D eigenvalue weighted by Crippen LogP contribution is -2.36. The lowest BCUT2D eigenvalue weighted by atomic mass is 10.2. The van der Waals surface area contributed by atoms with Crippen molar-refractivity contribution in [2.75, 3.05) is 26.6 Å². The Bertz CT molecular complexity index is 485. The van der Waals surface area contributed by atoms with Gasteiger partial charge >= 0.3 is 7.37 Å². The summed E-state index contributed by atoms with van der Waals surface area (Å²) in [5.74, 6) is 0.113. The number of carbonyl (C=O) groups is 1. The Morgan fingerprint density at radius 2 is 2.05 bits per heavy atom. The van der Waals surface area contributed by atoms with Crippen LogP contribution in [0.2, 0.25) is 0 Å². The Labute approximate surface area is 117 Å². The second-order valence-corrected chi connectivity index (χ2v) is 7.10.